The maximum atomic E-state index is 13.1. The van der Waals surface area contributed by atoms with Gasteiger partial charge in [0.2, 0.25) is 11.8 Å². The molecule has 1 aromatic carbocycles. The van der Waals surface area contributed by atoms with E-state index in [1.807, 2.05) is 0 Å². The van der Waals surface area contributed by atoms with Crippen LogP contribution in [0.15, 0.2) is 22.4 Å². The van der Waals surface area contributed by atoms with E-state index in [1.165, 1.54) is 4.90 Å². The first kappa shape index (κ1) is 21.5. The second-order valence-corrected chi connectivity index (χ2v) is 11.2. The maximum Gasteiger partial charge on any atom is 0.251 e. The van der Waals surface area contributed by atoms with Gasteiger partial charge >= 0.3 is 0 Å². The van der Waals surface area contributed by atoms with Crippen LogP contribution in [0.1, 0.15) is 31.2 Å². The van der Waals surface area contributed by atoms with Gasteiger partial charge in [0.05, 0.1) is 6.54 Å². The number of carbonyl (C=O) groups is 2. The number of sulfonamides is 1. The Morgan fingerprint density at radius 1 is 1.23 bits per heavy atom. The summed E-state index contributed by atoms with van der Waals surface area (Å²) in [5.74, 6) is -0.402. The average molecular weight is 470 g/mol. The summed E-state index contributed by atoms with van der Waals surface area (Å²) in [7, 11) is -3.88. The Morgan fingerprint density at radius 3 is 2.70 bits per heavy atom. The Bertz CT molecular complexity index is 1090. The fraction of sp³-hybridized carbons (Fsp3) is 0.500. The molecule has 2 saturated heterocycles. The van der Waals surface area contributed by atoms with Crippen LogP contribution >= 0.6 is 22.9 Å². The summed E-state index contributed by atoms with van der Waals surface area (Å²) in [4.78, 5) is 28.6. The number of piperidine rings is 1. The molecule has 2 aliphatic rings. The van der Waals surface area contributed by atoms with Crippen LogP contribution in [0.2, 0.25) is 5.02 Å². The van der Waals surface area contributed by atoms with Crippen LogP contribution in [-0.2, 0) is 19.6 Å². The van der Waals surface area contributed by atoms with Gasteiger partial charge in [-0.25, -0.2) is 8.42 Å². The number of likely N-dealkylation sites (tertiary alicyclic amines) is 2. The van der Waals surface area contributed by atoms with Gasteiger partial charge in [-0.1, -0.05) is 11.6 Å². The van der Waals surface area contributed by atoms with Crippen molar-refractivity contribution in [3.63, 3.8) is 0 Å². The lowest BCUT2D eigenvalue weighted by molar-refractivity contribution is -0.142. The Morgan fingerprint density at radius 2 is 1.97 bits per heavy atom. The van der Waals surface area contributed by atoms with Crippen LogP contribution in [0.25, 0.3) is 10.1 Å². The normalized spacial score (nSPS) is 20.3. The molecule has 0 bridgehead atoms. The molecule has 1 unspecified atom stereocenters. The highest BCUT2D eigenvalue weighted by atomic mass is 35.5. The average Bonchev–Trinajstić information content (AvgIpc) is 3.34. The number of aryl methyl sites for hydroxylation is 1. The topological polar surface area (TPSA) is 86.8 Å². The number of nitrogens with one attached hydrogen (secondary N) is 1. The third-order valence-electron chi connectivity index (χ3n) is 5.71. The molecule has 162 valence electrons. The van der Waals surface area contributed by atoms with Crippen molar-refractivity contribution >= 4 is 54.9 Å². The molecule has 1 N–H and O–H groups in total. The molecule has 4 rings (SSSR count). The quantitative estimate of drug-likeness (QED) is 0.729. The van der Waals surface area contributed by atoms with Gasteiger partial charge in [-0.15, -0.1) is 11.3 Å². The van der Waals surface area contributed by atoms with Gasteiger partial charge in [0, 0.05) is 29.4 Å². The minimum Gasteiger partial charge on any atom is -0.341 e. The first-order valence-corrected chi connectivity index (χ1v) is 12.7. The third kappa shape index (κ3) is 4.21. The molecule has 2 fully saturated rings. The number of carbonyl (C=O) groups excluding carboxylic acids is 2. The van der Waals surface area contributed by atoms with Crippen molar-refractivity contribution in [1.29, 1.82) is 0 Å². The molecular weight excluding hydrogens is 446 g/mol. The molecule has 1 atom stereocenters. The number of benzene rings is 1. The molecule has 0 spiro atoms. The summed E-state index contributed by atoms with van der Waals surface area (Å²) < 4.78 is 29.8. The minimum absolute atomic E-state index is 0.0114. The molecular formula is C20H24ClN3O4S2. The smallest absolute Gasteiger partial charge is 0.251 e. The Balaban J connectivity index is 1.50. The van der Waals surface area contributed by atoms with Crippen molar-refractivity contribution in [3.05, 3.63) is 28.8 Å². The Kier molecular flexibility index (Phi) is 6.07. The van der Waals surface area contributed by atoms with E-state index in [9.17, 15) is 18.0 Å². The molecule has 0 aliphatic carbocycles. The summed E-state index contributed by atoms with van der Waals surface area (Å²) in [6.45, 7) is 3.68. The largest absolute Gasteiger partial charge is 0.341 e. The highest BCUT2D eigenvalue weighted by Crippen LogP contribution is 2.35. The number of amides is 2. The van der Waals surface area contributed by atoms with E-state index < -0.39 is 16.1 Å². The zero-order chi connectivity index (χ0) is 21.5. The van der Waals surface area contributed by atoms with Crippen LogP contribution in [0.4, 0.5) is 0 Å². The second-order valence-electron chi connectivity index (χ2n) is 7.82. The highest BCUT2D eigenvalue weighted by Gasteiger charge is 2.35. The lowest BCUT2D eigenvalue weighted by Gasteiger charge is -2.33. The van der Waals surface area contributed by atoms with Crippen molar-refractivity contribution in [2.45, 2.75) is 42.9 Å². The number of halogens is 1. The second kappa shape index (κ2) is 8.45. The monoisotopic (exact) mass is 469 g/mol. The van der Waals surface area contributed by atoms with Crippen LogP contribution in [-0.4, -0.2) is 62.3 Å². The number of thiophene rings is 1. The SMILES string of the molecule is Cc1c(S(=O)(=O)NC2CCCN(CC(=O)N3CCCC3)C2=O)sc2ccc(Cl)cc12. The first-order chi connectivity index (χ1) is 14.3. The minimum atomic E-state index is -3.88. The number of nitrogens with zero attached hydrogens (tertiary/aromatic N) is 2. The van der Waals surface area contributed by atoms with Gasteiger partial charge in [0.1, 0.15) is 10.3 Å². The summed E-state index contributed by atoms with van der Waals surface area (Å²) in [6, 6.07) is 4.41. The molecule has 2 aromatic rings. The molecule has 2 amide bonds. The van der Waals surface area contributed by atoms with E-state index in [0.717, 1.165) is 47.4 Å². The van der Waals surface area contributed by atoms with Crippen molar-refractivity contribution < 1.29 is 18.0 Å². The number of hydrogen-bond acceptors (Lipinski definition) is 5. The predicted molar refractivity (Wildman–Crippen MR) is 117 cm³/mol. The van der Waals surface area contributed by atoms with E-state index in [2.05, 4.69) is 4.72 Å². The fourth-order valence-electron chi connectivity index (χ4n) is 4.10. The fourth-order valence-corrected chi connectivity index (χ4v) is 7.26. The van der Waals surface area contributed by atoms with Crippen LogP contribution in [0.3, 0.4) is 0 Å². The van der Waals surface area contributed by atoms with Gasteiger partial charge in [-0.3, -0.25) is 9.59 Å². The van der Waals surface area contributed by atoms with Crippen LogP contribution < -0.4 is 4.72 Å². The Hall–Kier alpha value is -1.68. The number of rotatable bonds is 5. The molecule has 1 aromatic heterocycles. The van der Waals surface area contributed by atoms with E-state index in [0.29, 0.717) is 30.0 Å². The van der Waals surface area contributed by atoms with Crippen molar-refractivity contribution in [3.8, 4) is 0 Å². The standard InChI is InChI=1S/C20H24ClN3O4S2/c1-13-15-11-14(21)6-7-17(15)29-20(13)30(27,28)22-16-5-4-10-24(19(16)26)12-18(25)23-8-2-3-9-23/h6-7,11,16,22H,2-5,8-10,12H2,1H3. The number of hydrogen-bond donors (Lipinski definition) is 1. The van der Waals surface area contributed by atoms with Crippen molar-refractivity contribution in [1.82, 2.24) is 14.5 Å². The summed E-state index contributed by atoms with van der Waals surface area (Å²) in [5.41, 5.74) is 0.620. The molecule has 7 nitrogen and oxygen atoms in total. The highest BCUT2D eigenvalue weighted by molar-refractivity contribution is 7.91. The van der Waals surface area contributed by atoms with Gasteiger partial charge in [0.25, 0.3) is 10.0 Å². The van der Waals surface area contributed by atoms with Crippen molar-refractivity contribution in [2.75, 3.05) is 26.2 Å². The maximum absolute atomic E-state index is 13.1. The summed E-state index contributed by atoms with van der Waals surface area (Å²) >= 11 is 7.21. The Labute approximate surface area is 185 Å². The van der Waals surface area contributed by atoms with E-state index in [4.69, 9.17) is 11.6 Å². The summed E-state index contributed by atoms with van der Waals surface area (Å²) in [5, 5.41) is 1.33. The lowest BCUT2D eigenvalue weighted by Crippen LogP contribution is -2.54. The predicted octanol–water partition coefficient (Wildman–Crippen LogP) is 2.75. The van der Waals surface area contributed by atoms with E-state index in [-0.39, 0.29) is 22.6 Å². The van der Waals surface area contributed by atoms with Crippen LogP contribution in [0.5, 0.6) is 0 Å². The first-order valence-electron chi connectivity index (χ1n) is 10.0. The zero-order valence-corrected chi connectivity index (χ0v) is 19.1. The van der Waals surface area contributed by atoms with Gasteiger partial charge < -0.3 is 9.80 Å². The molecule has 3 heterocycles. The number of fused-ring (bicyclic) bond motifs is 1. The van der Waals surface area contributed by atoms with Gasteiger partial charge in [-0.2, -0.15) is 4.72 Å². The zero-order valence-electron chi connectivity index (χ0n) is 16.7. The van der Waals surface area contributed by atoms with E-state index >= 15 is 0 Å². The molecule has 30 heavy (non-hydrogen) atoms. The van der Waals surface area contributed by atoms with Gasteiger partial charge in [0.15, 0.2) is 0 Å². The van der Waals surface area contributed by atoms with E-state index in [1.54, 1.807) is 30.0 Å². The van der Waals surface area contributed by atoms with Gasteiger partial charge in [-0.05, 0) is 61.8 Å². The lowest BCUT2D eigenvalue weighted by atomic mass is 10.1. The molecule has 0 saturated carbocycles. The van der Waals surface area contributed by atoms with Crippen LogP contribution in [0, 0.1) is 6.92 Å². The third-order valence-corrected chi connectivity index (χ3v) is 9.31. The summed E-state index contributed by atoms with van der Waals surface area (Å²) in [6.07, 6.45) is 3.04. The molecule has 2 aliphatic heterocycles. The van der Waals surface area contributed by atoms with Crippen molar-refractivity contribution in [2.24, 2.45) is 0 Å². The molecule has 10 heteroatoms. The molecule has 0 radical (unpaired) electrons.